The van der Waals surface area contributed by atoms with E-state index in [0.717, 1.165) is 9.79 Å². The highest BCUT2D eigenvalue weighted by Gasteiger charge is 2.28. The van der Waals surface area contributed by atoms with Crippen molar-refractivity contribution in [3.8, 4) is 11.5 Å². The molecule has 1 aliphatic heterocycles. The van der Waals surface area contributed by atoms with Gasteiger partial charge in [-0.2, -0.15) is 0 Å². The summed E-state index contributed by atoms with van der Waals surface area (Å²) in [5, 5.41) is 19.2. The maximum absolute atomic E-state index is 12.9. The minimum atomic E-state index is -0.116. The number of ketones is 1. The Hall–Kier alpha value is -3.25. The van der Waals surface area contributed by atoms with Crippen LogP contribution in [0.4, 0.5) is 0 Å². The van der Waals surface area contributed by atoms with Gasteiger partial charge in [0.25, 0.3) is 5.91 Å². The molecule has 1 heterocycles. The fourth-order valence-corrected chi connectivity index (χ4v) is 4.64. The van der Waals surface area contributed by atoms with Crippen molar-refractivity contribution < 1.29 is 19.8 Å². The van der Waals surface area contributed by atoms with E-state index >= 15 is 0 Å². The highest BCUT2D eigenvalue weighted by atomic mass is 32.2. The molecular weight excluding hydrogens is 410 g/mol. The van der Waals surface area contributed by atoms with Crippen molar-refractivity contribution in [2.75, 3.05) is 13.1 Å². The second kappa shape index (κ2) is 9.27. The van der Waals surface area contributed by atoms with Crippen LogP contribution in [0.2, 0.25) is 0 Å². The van der Waals surface area contributed by atoms with Gasteiger partial charge in [-0.1, -0.05) is 36.0 Å². The second-order valence-electron chi connectivity index (χ2n) is 7.60. The lowest BCUT2D eigenvalue weighted by atomic mass is 9.88. The van der Waals surface area contributed by atoms with Crippen molar-refractivity contribution in [3.63, 3.8) is 0 Å². The maximum Gasteiger partial charge on any atom is 0.253 e. The number of phenols is 2. The van der Waals surface area contributed by atoms with Gasteiger partial charge < -0.3 is 15.1 Å². The van der Waals surface area contributed by atoms with Gasteiger partial charge in [0, 0.05) is 39.9 Å². The minimum absolute atomic E-state index is 0.0709. The molecule has 3 aromatic carbocycles. The molecule has 3 aromatic rings. The van der Waals surface area contributed by atoms with Gasteiger partial charge in [0.15, 0.2) is 5.78 Å². The van der Waals surface area contributed by atoms with Crippen LogP contribution in [0.25, 0.3) is 0 Å². The monoisotopic (exact) mass is 433 g/mol. The van der Waals surface area contributed by atoms with E-state index < -0.39 is 0 Å². The van der Waals surface area contributed by atoms with Crippen LogP contribution in [0.5, 0.6) is 11.5 Å². The molecule has 0 spiro atoms. The summed E-state index contributed by atoms with van der Waals surface area (Å²) in [5.74, 6) is 0.193. The molecule has 1 aliphatic rings. The molecular formula is C25H23NO4S. The first-order valence-corrected chi connectivity index (χ1v) is 11.0. The Kier molecular flexibility index (Phi) is 6.28. The fourth-order valence-electron chi connectivity index (χ4n) is 3.77. The third-order valence-corrected chi connectivity index (χ3v) is 6.44. The van der Waals surface area contributed by atoms with Crippen LogP contribution < -0.4 is 0 Å². The largest absolute Gasteiger partial charge is 0.508 e. The molecule has 0 unspecified atom stereocenters. The molecule has 2 N–H and O–H groups in total. The summed E-state index contributed by atoms with van der Waals surface area (Å²) < 4.78 is 0. The van der Waals surface area contributed by atoms with Crippen molar-refractivity contribution in [1.82, 2.24) is 4.90 Å². The standard InChI is InChI=1S/C25H23NO4S/c27-20-4-1-3-19(15-20)25(30)26-13-11-18(12-14-26)24(29)17-7-9-22(10-8-17)31-23-6-2-5-21(28)16-23/h1-10,15-16,18,27-28H,11-14H2. The molecule has 0 aliphatic carbocycles. The van der Waals surface area contributed by atoms with E-state index in [1.807, 2.05) is 30.3 Å². The lowest BCUT2D eigenvalue weighted by molar-refractivity contribution is 0.0650. The van der Waals surface area contributed by atoms with Gasteiger partial charge in [0.05, 0.1) is 0 Å². The fraction of sp³-hybridized carbons (Fsp3) is 0.200. The number of benzene rings is 3. The molecule has 4 rings (SSSR count). The van der Waals surface area contributed by atoms with E-state index in [4.69, 9.17) is 0 Å². The average Bonchev–Trinajstić information content (AvgIpc) is 2.79. The Morgan fingerprint density at radius 2 is 1.42 bits per heavy atom. The van der Waals surface area contributed by atoms with Crippen molar-refractivity contribution >= 4 is 23.5 Å². The Balaban J connectivity index is 1.34. The molecule has 0 radical (unpaired) electrons. The SMILES string of the molecule is O=C(c1ccc(Sc2cccc(O)c2)cc1)C1CCN(C(=O)c2cccc(O)c2)CC1. The number of aromatic hydroxyl groups is 2. The highest BCUT2D eigenvalue weighted by molar-refractivity contribution is 7.99. The molecule has 0 saturated carbocycles. The normalized spacial score (nSPS) is 14.4. The first-order chi connectivity index (χ1) is 15.0. The van der Waals surface area contributed by atoms with Gasteiger partial charge in [0.2, 0.25) is 0 Å². The summed E-state index contributed by atoms with van der Waals surface area (Å²) in [5.41, 5.74) is 1.14. The summed E-state index contributed by atoms with van der Waals surface area (Å²) in [6, 6.07) is 20.9. The first-order valence-electron chi connectivity index (χ1n) is 10.2. The zero-order chi connectivity index (χ0) is 21.8. The second-order valence-corrected chi connectivity index (χ2v) is 8.75. The van der Waals surface area contributed by atoms with E-state index in [2.05, 4.69) is 0 Å². The number of phenolic OH excluding ortho intramolecular Hbond substituents is 2. The molecule has 0 atom stereocenters. The van der Waals surface area contributed by atoms with Crippen LogP contribution in [0.3, 0.4) is 0 Å². The predicted octanol–water partition coefficient (Wildman–Crippen LogP) is 4.98. The minimum Gasteiger partial charge on any atom is -0.508 e. The number of amides is 1. The van der Waals surface area contributed by atoms with Crippen LogP contribution in [-0.4, -0.2) is 39.9 Å². The van der Waals surface area contributed by atoms with Gasteiger partial charge in [-0.25, -0.2) is 0 Å². The average molecular weight is 434 g/mol. The Morgan fingerprint density at radius 3 is 2.06 bits per heavy atom. The summed E-state index contributed by atoms with van der Waals surface area (Å²) in [4.78, 5) is 29.2. The summed E-state index contributed by atoms with van der Waals surface area (Å²) >= 11 is 1.53. The smallest absolute Gasteiger partial charge is 0.253 e. The first kappa shape index (κ1) is 21.0. The van der Waals surface area contributed by atoms with Crippen molar-refractivity contribution in [3.05, 3.63) is 83.9 Å². The molecule has 1 saturated heterocycles. The third kappa shape index (κ3) is 5.09. The van der Waals surface area contributed by atoms with Crippen LogP contribution in [-0.2, 0) is 0 Å². The molecule has 158 valence electrons. The van der Waals surface area contributed by atoms with Gasteiger partial charge in [-0.3, -0.25) is 9.59 Å². The number of nitrogens with zero attached hydrogens (tertiary/aromatic N) is 1. The quantitative estimate of drug-likeness (QED) is 0.555. The lowest BCUT2D eigenvalue weighted by Gasteiger charge is -2.31. The molecule has 0 bridgehead atoms. The Labute approximate surface area is 185 Å². The maximum atomic E-state index is 12.9. The Bertz CT molecular complexity index is 1090. The molecule has 5 nitrogen and oxygen atoms in total. The van der Waals surface area contributed by atoms with Crippen LogP contribution in [0, 0.1) is 5.92 Å². The zero-order valence-corrected chi connectivity index (χ0v) is 17.7. The van der Waals surface area contributed by atoms with Crippen LogP contribution >= 0.6 is 11.8 Å². The van der Waals surface area contributed by atoms with Crippen LogP contribution in [0.15, 0.2) is 82.6 Å². The van der Waals surface area contributed by atoms with Crippen molar-refractivity contribution in [2.24, 2.45) is 5.92 Å². The number of carbonyl (C=O) groups excluding carboxylic acids is 2. The highest BCUT2D eigenvalue weighted by Crippen LogP contribution is 2.31. The topological polar surface area (TPSA) is 77.8 Å². The summed E-state index contributed by atoms with van der Waals surface area (Å²) in [6.45, 7) is 1.05. The number of likely N-dealkylation sites (tertiary alicyclic amines) is 1. The number of carbonyl (C=O) groups is 2. The lowest BCUT2D eigenvalue weighted by Crippen LogP contribution is -2.40. The molecule has 0 aromatic heterocycles. The summed E-state index contributed by atoms with van der Waals surface area (Å²) in [6.07, 6.45) is 1.26. The molecule has 6 heteroatoms. The van der Waals surface area contributed by atoms with Crippen molar-refractivity contribution in [2.45, 2.75) is 22.6 Å². The zero-order valence-electron chi connectivity index (χ0n) is 16.9. The van der Waals surface area contributed by atoms with E-state index in [1.54, 1.807) is 35.2 Å². The van der Waals surface area contributed by atoms with Crippen LogP contribution in [0.1, 0.15) is 33.6 Å². The number of rotatable bonds is 5. The van der Waals surface area contributed by atoms with Crippen molar-refractivity contribution in [1.29, 1.82) is 0 Å². The van der Waals surface area contributed by atoms with E-state index in [1.165, 1.54) is 23.9 Å². The van der Waals surface area contributed by atoms with E-state index in [-0.39, 0.29) is 29.1 Å². The van der Waals surface area contributed by atoms with Gasteiger partial charge in [-0.05, 0) is 61.4 Å². The van der Waals surface area contributed by atoms with E-state index in [0.29, 0.717) is 37.1 Å². The van der Waals surface area contributed by atoms with E-state index in [9.17, 15) is 19.8 Å². The summed E-state index contributed by atoms with van der Waals surface area (Å²) in [7, 11) is 0. The Morgan fingerprint density at radius 1 is 0.774 bits per heavy atom. The van der Waals surface area contributed by atoms with Gasteiger partial charge in [0.1, 0.15) is 11.5 Å². The molecule has 1 amide bonds. The van der Waals surface area contributed by atoms with Gasteiger partial charge in [-0.15, -0.1) is 0 Å². The third-order valence-electron chi connectivity index (χ3n) is 5.44. The number of hydrogen-bond donors (Lipinski definition) is 2. The molecule has 1 fully saturated rings. The molecule has 31 heavy (non-hydrogen) atoms. The van der Waals surface area contributed by atoms with Gasteiger partial charge >= 0.3 is 0 Å². The number of hydrogen-bond acceptors (Lipinski definition) is 5. The predicted molar refractivity (Wildman–Crippen MR) is 120 cm³/mol. The number of Topliss-reactive ketones (excluding diaryl/α,β-unsaturated/α-hetero) is 1. The number of piperidine rings is 1.